The highest BCUT2D eigenvalue weighted by Gasteiger charge is 2.45. The molecule has 2 heterocycles. The Balaban J connectivity index is 1.75. The van der Waals surface area contributed by atoms with Crippen molar-refractivity contribution in [2.45, 2.75) is 39.2 Å². The van der Waals surface area contributed by atoms with Gasteiger partial charge < -0.3 is 10.0 Å². The van der Waals surface area contributed by atoms with Crippen molar-refractivity contribution < 1.29 is 9.90 Å². The summed E-state index contributed by atoms with van der Waals surface area (Å²) in [6, 6.07) is 0.697. The summed E-state index contributed by atoms with van der Waals surface area (Å²) in [5.74, 6) is -0.697. The van der Waals surface area contributed by atoms with Gasteiger partial charge in [0.2, 0.25) is 0 Å². The van der Waals surface area contributed by atoms with E-state index in [1.807, 2.05) is 0 Å². The van der Waals surface area contributed by atoms with Gasteiger partial charge in [-0.3, -0.25) is 9.69 Å². The molecule has 1 atom stereocenters. The summed E-state index contributed by atoms with van der Waals surface area (Å²) in [5, 5.41) is 8.73. The lowest BCUT2D eigenvalue weighted by atomic mass is 9.72. The first kappa shape index (κ1) is 12.8. The van der Waals surface area contributed by atoms with E-state index in [9.17, 15) is 4.79 Å². The van der Waals surface area contributed by atoms with E-state index >= 15 is 0 Å². The zero-order chi connectivity index (χ0) is 12.5. The summed E-state index contributed by atoms with van der Waals surface area (Å²) in [6.45, 7) is 9.13. The van der Waals surface area contributed by atoms with Crippen LogP contribution in [0.25, 0.3) is 0 Å². The molecule has 4 heteroatoms. The van der Waals surface area contributed by atoms with E-state index in [-0.39, 0.29) is 6.54 Å². The minimum Gasteiger partial charge on any atom is -0.480 e. The Morgan fingerprint density at radius 1 is 1.35 bits per heavy atom. The van der Waals surface area contributed by atoms with Gasteiger partial charge in [0.05, 0.1) is 6.54 Å². The lowest BCUT2D eigenvalue weighted by molar-refractivity contribution is -0.143. The smallest absolute Gasteiger partial charge is 0.317 e. The highest BCUT2D eigenvalue weighted by molar-refractivity contribution is 5.69. The van der Waals surface area contributed by atoms with Gasteiger partial charge in [-0.1, -0.05) is 6.92 Å². The molecule has 1 unspecified atom stereocenters. The Bertz CT molecular complexity index is 277. The van der Waals surface area contributed by atoms with Gasteiger partial charge in [-0.05, 0) is 44.7 Å². The summed E-state index contributed by atoms with van der Waals surface area (Å²) in [7, 11) is 0. The molecule has 0 aromatic heterocycles. The van der Waals surface area contributed by atoms with E-state index < -0.39 is 5.97 Å². The van der Waals surface area contributed by atoms with Gasteiger partial charge in [0, 0.05) is 19.1 Å². The Labute approximate surface area is 104 Å². The summed E-state index contributed by atoms with van der Waals surface area (Å²) >= 11 is 0. The number of carboxylic acids is 1. The molecule has 2 aliphatic rings. The molecular weight excluding hydrogens is 216 g/mol. The standard InChI is InChI=1S/C13H24N2O2/c1-3-11(2)15-6-4-13(5-7-15)9-14(10-13)8-12(16)17/h11H,3-10H2,1-2H3,(H,16,17). The van der Waals surface area contributed by atoms with Crippen molar-refractivity contribution in [2.24, 2.45) is 5.41 Å². The van der Waals surface area contributed by atoms with Crippen LogP contribution in [-0.2, 0) is 4.79 Å². The van der Waals surface area contributed by atoms with Crippen LogP contribution in [0, 0.1) is 5.41 Å². The molecule has 2 rings (SSSR count). The van der Waals surface area contributed by atoms with Gasteiger partial charge in [-0.15, -0.1) is 0 Å². The Kier molecular flexibility index (Phi) is 3.73. The molecule has 2 fully saturated rings. The van der Waals surface area contributed by atoms with Crippen molar-refractivity contribution in [2.75, 3.05) is 32.7 Å². The number of aliphatic carboxylic acids is 1. The molecule has 0 amide bonds. The molecule has 98 valence electrons. The average Bonchev–Trinajstić information content (AvgIpc) is 2.26. The van der Waals surface area contributed by atoms with Crippen molar-refractivity contribution in [3.8, 4) is 0 Å². The maximum Gasteiger partial charge on any atom is 0.317 e. The molecule has 2 saturated heterocycles. The monoisotopic (exact) mass is 240 g/mol. The van der Waals surface area contributed by atoms with E-state index in [0.29, 0.717) is 11.5 Å². The fraction of sp³-hybridized carbons (Fsp3) is 0.923. The predicted octanol–water partition coefficient (Wildman–Crippen LogP) is 1.27. The molecule has 0 aromatic rings. The molecule has 0 aliphatic carbocycles. The normalized spacial score (nSPS) is 26.7. The van der Waals surface area contributed by atoms with Gasteiger partial charge in [0.25, 0.3) is 0 Å². The van der Waals surface area contributed by atoms with Crippen molar-refractivity contribution in [1.82, 2.24) is 9.80 Å². The van der Waals surface area contributed by atoms with Crippen LogP contribution >= 0.6 is 0 Å². The van der Waals surface area contributed by atoms with Gasteiger partial charge in [-0.25, -0.2) is 0 Å². The largest absolute Gasteiger partial charge is 0.480 e. The molecule has 1 spiro atoms. The van der Waals surface area contributed by atoms with E-state index in [0.717, 1.165) is 13.1 Å². The van der Waals surface area contributed by atoms with Crippen LogP contribution in [0.1, 0.15) is 33.1 Å². The SMILES string of the molecule is CCC(C)N1CCC2(CC1)CN(CC(=O)O)C2. The molecule has 4 nitrogen and oxygen atoms in total. The lowest BCUT2D eigenvalue weighted by Gasteiger charge is -2.54. The Hall–Kier alpha value is -0.610. The quantitative estimate of drug-likeness (QED) is 0.803. The van der Waals surface area contributed by atoms with Crippen LogP contribution in [0.3, 0.4) is 0 Å². The second-order valence-electron chi connectivity index (χ2n) is 5.83. The topological polar surface area (TPSA) is 43.8 Å². The third-order valence-electron chi connectivity index (χ3n) is 4.55. The van der Waals surface area contributed by atoms with Gasteiger partial charge in [0.1, 0.15) is 0 Å². The zero-order valence-electron chi connectivity index (χ0n) is 11.0. The third kappa shape index (κ3) is 2.80. The fourth-order valence-electron chi connectivity index (χ4n) is 3.22. The maximum atomic E-state index is 10.6. The highest BCUT2D eigenvalue weighted by Crippen LogP contribution is 2.40. The van der Waals surface area contributed by atoms with Gasteiger partial charge in [0.15, 0.2) is 0 Å². The van der Waals surface area contributed by atoms with E-state index in [1.165, 1.54) is 32.4 Å². The molecule has 0 saturated carbocycles. The fourth-order valence-corrected chi connectivity index (χ4v) is 3.22. The number of piperidine rings is 1. The van der Waals surface area contributed by atoms with E-state index in [4.69, 9.17) is 5.11 Å². The van der Waals surface area contributed by atoms with Crippen LogP contribution < -0.4 is 0 Å². The molecule has 0 aromatic carbocycles. The number of hydrogen-bond donors (Lipinski definition) is 1. The minimum absolute atomic E-state index is 0.219. The molecule has 1 N–H and O–H groups in total. The number of rotatable bonds is 4. The lowest BCUT2D eigenvalue weighted by Crippen LogP contribution is -2.61. The third-order valence-corrected chi connectivity index (χ3v) is 4.55. The van der Waals surface area contributed by atoms with Crippen molar-refractivity contribution >= 4 is 5.97 Å². The minimum atomic E-state index is -0.697. The van der Waals surface area contributed by atoms with Crippen LogP contribution in [0.4, 0.5) is 0 Å². The van der Waals surface area contributed by atoms with Crippen molar-refractivity contribution in [3.63, 3.8) is 0 Å². The highest BCUT2D eigenvalue weighted by atomic mass is 16.4. The predicted molar refractivity (Wildman–Crippen MR) is 67.1 cm³/mol. The maximum absolute atomic E-state index is 10.6. The molecular formula is C13H24N2O2. The number of hydrogen-bond acceptors (Lipinski definition) is 3. The summed E-state index contributed by atoms with van der Waals surface area (Å²) in [6.07, 6.45) is 3.71. The summed E-state index contributed by atoms with van der Waals surface area (Å²) in [5.41, 5.74) is 0.444. The Morgan fingerprint density at radius 3 is 2.41 bits per heavy atom. The molecule has 17 heavy (non-hydrogen) atoms. The second kappa shape index (κ2) is 4.94. The average molecular weight is 240 g/mol. The van der Waals surface area contributed by atoms with Gasteiger partial charge >= 0.3 is 5.97 Å². The first-order valence-electron chi connectivity index (χ1n) is 6.73. The van der Waals surface area contributed by atoms with E-state index in [1.54, 1.807) is 0 Å². The molecule has 0 bridgehead atoms. The van der Waals surface area contributed by atoms with Crippen molar-refractivity contribution in [1.29, 1.82) is 0 Å². The number of carboxylic acid groups (broad SMARTS) is 1. The van der Waals surface area contributed by atoms with Crippen LogP contribution in [0.5, 0.6) is 0 Å². The molecule has 0 radical (unpaired) electrons. The van der Waals surface area contributed by atoms with Crippen LogP contribution in [0.15, 0.2) is 0 Å². The van der Waals surface area contributed by atoms with Crippen LogP contribution in [0.2, 0.25) is 0 Å². The van der Waals surface area contributed by atoms with Crippen LogP contribution in [-0.4, -0.2) is 59.6 Å². The van der Waals surface area contributed by atoms with E-state index in [2.05, 4.69) is 23.6 Å². The number of nitrogens with zero attached hydrogens (tertiary/aromatic N) is 2. The second-order valence-corrected chi connectivity index (χ2v) is 5.83. The zero-order valence-corrected chi connectivity index (χ0v) is 11.0. The van der Waals surface area contributed by atoms with Gasteiger partial charge in [-0.2, -0.15) is 0 Å². The molecule has 2 aliphatic heterocycles. The van der Waals surface area contributed by atoms with Crippen molar-refractivity contribution in [3.05, 3.63) is 0 Å². The summed E-state index contributed by atoms with van der Waals surface area (Å²) < 4.78 is 0. The Morgan fingerprint density at radius 2 is 1.94 bits per heavy atom. The first-order chi connectivity index (χ1) is 8.04. The number of likely N-dealkylation sites (tertiary alicyclic amines) is 2. The summed E-state index contributed by atoms with van der Waals surface area (Å²) in [4.78, 5) is 15.2. The first-order valence-corrected chi connectivity index (χ1v) is 6.73. The number of carbonyl (C=O) groups is 1.